The highest BCUT2D eigenvalue weighted by Gasteiger charge is 2.28. The molecule has 2 rings (SSSR count). The fraction of sp³-hybridized carbons (Fsp3) is 0.583. The van der Waals surface area contributed by atoms with Crippen molar-refractivity contribution in [2.24, 2.45) is 13.0 Å². The maximum atomic E-state index is 11.9. The van der Waals surface area contributed by atoms with E-state index in [9.17, 15) is 4.79 Å². The lowest BCUT2D eigenvalue weighted by atomic mass is 10.0. The average Bonchev–Trinajstić information content (AvgIpc) is 2.84. The van der Waals surface area contributed by atoms with Gasteiger partial charge >= 0.3 is 0 Å². The van der Waals surface area contributed by atoms with Crippen LogP contribution in [0.15, 0.2) is 18.5 Å². The summed E-state index contributed by atoms with van der Waals surface area (Å²) in [6.07, 6.45) is 5.09. The van der Waals surface area contributed by atoms with Gasteiger partial charge in [-0.15, -0.1) is 0 Å². The predicted octanol–water partition coefficient (Wildman–Crippen LogP) is 0.639. The van der Waals surface area contributed by atoms with E-state index in [1.165, 1.54) is 0 Å². The molecule has 1 aliphatic rings. The van der Waals surface area contributed by atoms with E-state index < -0.39 is 0 Å². The maximum Gasteiger partial charge on any atom is 0.237 e. The smallest absolute Gasteiger partial charge is 0.237 e. The molecule has 1 aromatic heterocycles. The van der Waals surface area contributed by atoms with Gasteiger partial charge in [0.25, 0.3) is 0 Å². The summed E-state index contributed by atoms with van der Waals surface area (Å²) in [6.45, 7) is 3.68. The molecular formula is C12H19N3O. The first-order valence-corrected chi connectivity index (χ1v) is 5.79. The number of aromatic nitrogens is 1. The highest BCUT2D eigenvalue weighted by atomic mass is 16.2. The second-order valence-corrected chi connectivity index (χ2v) is 4.60. The van der Waals surface area contributed by atoms with Crippen LogP contribution in [0.25, 0.3) is 0 Å². The van der Waals surface area contributed by atoms with Crippen LogP contribution in [0.5, 0.6) is 0 Å². The zero-order valence-corrected chi connectivity index (χ0v) is 9.86. The summed E-state index contributed by atoms with van der Waals surface area (Å²) in [5.41, 5.74) is 1.14. The topological polar surface area (TPSA) is 46.1 Å². The fourth-order valence-electron chi connectivity index (χ4n) is 2.15. The van der Waals surface area contributed by atoms with Crippen molar-refractivity contribution in [3.8, 4) is 0 Å². The number of amides is 1. The minimum absolute atomic E-state index is 0.0105. The van der Waals surface area contributed by atoms with Crippen molar-refractivity contribution in [3.05, 3.63) is 24.0 Å². The van der Waals surface area contributed by atoms with E-state index in [-0.39, 0.29) is 11.9 Å². The zero-order valence-electron chi connectivity index (χ0n) is 9.86. The summed E-state index contributed by atoms with van der Waals surface area (Å²) >= 11 is 0. The largest absolute Gasteiger partial charge is 0.357 e. The molecule has 16 heavy (non-hydrogen) atoms. The van der Waals surface area contributed by atoms with Gasteiger partial charge in [0.15, 0.2) is 0 Å². The molecule has 4 nitrogen and oxygen atoms in total. The van der Waals surface area contributed by atoms with Crippen molar-refractivity contribution in [2.75, 3.05) is 6.54 Å². The number of aryl methyl sites for hydroxylation is 1. The Bertz CT molecular complexity index is 372. The van der Waals surface area contributed by atoms with Crippen LogP contribution in [0.4, 0.5) is 0 Å². The first kappa shape index (κ1) is 11.2. The van der Waals surface area contributed by atoms with Crippen LogP contribution in [-0.2, 0) is 18.4 Å². The quantitative estimate of drug-likeness (QED) is 0.787. The summed E-state index contributed by atoms with van der Waals surface area (Å²) in [7, 11) is 1.98. The molecular weight excluding hydrogens is 202 g/mol. The third-order valence-electron chi connectivity index (χ3n) is 3.18. The Morgan fingerprint density at radius 3 is 3.06 bits per heavy atom. The number of nitrogens with one attached hydrogen (secondary N) is 2. The fourth-order valence-corrected chi connectivity index (χ4v) is 2.15. The van der Waals surface area contributed by atoms with Crippen LogP contribution in [0.1, 0.15) is 18.9 Å². The molecule has 0 radical (unpaired) electrons. The molecule has 88 valence electrons. The summed E-state index contributed by atoms with van der Waals surface area (Å²) in [6, 6.07) is 2.01. The Morgan fingerprint density at radius 2 is 2.50 bits per heavy atom. The number of nitrogens with zero attached hydrogens (tertiary/aromatic N) is 1. The van der Waals surface area contributed by atoms with Gasteiger partial charge in [-0.2, -0.15) is 0 Å². The molecule has 0 bridgehead atoms. The predicted molar refractivity (Wildman–Crippen MR) is 62.8 cm³/mol. The van der Waals surface area contributed by atoms with E-state index in [4.69, 9.17) is 0 Å². The van der Waals surface area contributed by atoms with Crippen molar-refractivity contribution in [1.29, 1.82) is 0 Å². The van der Waals surface area contributed by atoms with Crippen molar-refractivity contribution in [2.45, 2.75) is 25.9 Å². The Hall–Kier alpha value is -1.29. The third kappa shape index (κ3) is 2.44. The molecule has 1 amide bonds. The van der Waals surface area contributed by atoms with Gasteiger partial charge in [0.2, 0.25) is 5.91 Å². The first-order chi connectivity index (χ1) is 7.66. The molecule has 1 saturated heterocycles. The van der Waals surface area contributed by atoms with Gasteiger partial charge in [0, 0.05) is 26.0 Å². The monoisotopic (exact) mass is 221 g/mol. The van der Waals surface area contributed by atoms with Crippen LogP contribution < -0.4 is 10.6 Å². The van der Waals surface area contributed by atoms with Crippen molar-refractivity contribution < 1.29 is 4.79 Å². The molecule has 1 aromatic rings. The Morgan fingerprint density at radius 1 is 1.69 bits per heavy atom. The Balaban J connectivity index is 1.83. The van der Waals surface area contributed by atoms with Gasteiger partial charge < -0.3 is 15.2 Å². The van der Waals surface area contributed by atoms with E-state index in [0.717, 1.165) is 18.5 Å². The minimum Gasteiger partial charge on any atom is -0.357 e. The molecule has 1 aliphatic heterocycles. The van der Waals surface area contributed by atoms with Crippen LogP contribution in [0, 0.1) is 5.92 Å². The Kier molecular flexibility index (Phi) is 3.29. The molecule has 2 heterocycles. The summed E-state index contributed by atoms with van der Waals surface area (Å²) in [5.74, 6) is 0.560. The summed E-state index contributed by atoms with van der Waals surface area (Å²) in [5, 5.41) is 6.20. The third-order valence-corrected chi connectivity index (χ3v) is 3.18. The molecule has 0 saturated carbocycles. The van der Waals surface area contributed by atoms with E-state index in [1.807, 2.05) is 30.1 Å². The van der Waals surface area contributed by atoms with Crippen LogP contribution in [0.2, 0.25) is 0 Å². The number of hydrogen-bond donors (Lipinski definition) is 2. The Labute approximate surface area is 96.0 Å². The molecule has 2 unspecified atom stereocenters. The van der Waals surface area contributed by atoms with Gasteiger partial charge in [0.05, 0.1) is 6.04 Å². The van der Waals surface area contributed by atoms with Crippen LogP contribution >= 0.6 is 0 Å². The summed E-state index contributed by atoms with van der Waals surface area (Å²) < 4.78 is 1.98. The molecule has 0 aromatic carbocycles. The van der Waals surface area contributed by atoms with Crippen molar-refractivity contribution >= 4 is 5.91 Å². The second-order valence-electron chi connectivity index (χ2n) is 4.60. The first-order valence-electron chi connectivity index (χ1n) is 5.79. The molecule has 4 heteroatoms. The highest BCUT2D eigenvalue weighted by molar-refractivity contribution is 5.82. The molecule has 2 N–H and O–H groups in total. The molecule has 0 aliphatic carbocycles. The van der Waals surface area contributed by atoms with E-state index in [1.54, 1.807) is 0 Å². The van der Waals surface area contributed by atoms with Gasteiger partial charge in [-0.25, -0.2) is 0 Å². The maximum absolute atomic E-state index is 11.9. The second kappa shape index (κ2) is 4.70. The molecule has 2 atom stereocenters. The van der Waals surface area contributed by atoms with Gasteiger partial charge in [0.1, 0.15) is 0 Å². The minimum atomic E-state index is -0.0105. The lowest BCUT2D eigenvalue weighted by molar-refractivity contribution is -0.123. The SMILES string of the molecule is CC1CCNC1C(=O)NCc1ccn(C)c1. The van der Waals surface area contributed by atoms with Gasteiger partial charge in [-0.05, 0) is 30.5 Å². The van der Waals surface area contributed by atoms with Gasteiger partial charge in [-0.1, -0.05) is 6.92 Å². The van der Waals surface area contributed by atoms with Crippen LogP contribution in [-0.4, -0.2) is 23.1 Å². The standard InChI is InChI=1S/C12H19N3O/c1-9-3-5-13-11(9)12(16)14-7-10-4-6-15(2)8-10/h4,6,8-9,11,13H,3,5,7H2,1-2H3,(H,14,16). The molecule has 0 spiro atoms. The van der Waals surface area contributed by atoms with Crippen molar-refractivity contribution in [3.63, 3.8) is 0 Å². The molecule has 1 fully saturated rings. The zero-order chi connectivity index (χ0) is 11.5. The lowest BCUT2D eigenvalue weighted by Crippen LogP contribution is -2.42. The van der Waals surface area contributed by atoms with E-state index in [0.29, 0.717) is 12.5 Å². The highest BCUT2D eigenvalue weighted by Crippen LogP contribution is 2.14. The van der Waals surface area contributed by atoms with Gasteiger partial charge in [-0.3, -0.25) is 4.79 Å². The average molecular weight is 221 g/mol. The normalized spacial score (nSPS) is 24.6. The number of carbonyl (C=O) groups is 1. The van der Waals surface area contributed by atoms with Crippen molar-refractivity contribution in [1.82, 2.24) is 15.2 Å². The lowest BCUT2D eigenvalue weighted by Gasteiger charge is -2.14. The number of carbonyl (C=O) groups excluding carboxylic acids is 1. The summed E-state index contributed by atoms with van der Waals surface area (Å²) in [4.78, 5) is 11.9. The van der Waals surface area contributed by atoms with E-state index in [2.05, 4.69) is 17.6 Å². The van der Waals surface area contributed by atoms with Crippen LogP contribution in [0.3, 0.4) is 0 Å². The van der Waals surface area contributed by atoms with E-state index >= 15 is 0 Å². The number of rotatable bonds is 3. The number of hydrogen-bond acceptors (Lipinski definition) is 2.